The zero-order valence-corrected chi connectivity index (χ0v) is 12.5. The summed E-state index contributed by atoms with van der Waals surface area (Å²) in [7, 11) is 0. The van der Waals surface area contributed by atoms with Crippen molar-refractivity contribution < 1.29 is 18.7 Å². The average molecular weight is 316 g/mol. The quantitative estimate of drug-likeness (QED) is 0.868. The van der Waals surface area contributed by atoms with Gasteiger partial charge in [-0.2, -0.15) is 0 Å². The second-order valence-electron chi connectivity index (χ2n) is 5.20. The molecule has 6 heteroatoms. The molecule has 23 heavy (non-hydrogen) atoms. The van der Waals surface area contributed by atoms with Gasteiger partial charge in [-0.15, -0.1) is 0 Å². The molecule has 1 aromatic heterocycles. The SMILES string of the molecule is O=C(COc1cccc(F)c1)N1CCO[C@H](c2ccccn2)C1. The van der Waals surface area contributed by atoms with E-state index in [1.54, 1.807) is 23.2 Å². The van der Waals surface area contributed by atoms with Crippen molar-refractivity contribution in [3.05, 3.63) is 60.2 Å². The summed E-state index contributed by atoms with van der Waals surface area (Å²) in [5, 5.41) is 0. The Morgan fingerprint density at radius 1 is 1.35 bits per heavy atom. The Hall–Kier alpha value is -2.47. The van der Waals surface area contributed by atoms with Gasteiger partial charge in [0.15, 0.2) is 6.61 Å². The van der Waals surface area contributed by atoms with Gasteiger partial charge in [-0.05, 0) is 24.3 Å². The van der Waals surface area contributed by atoms with Crippen molar-refractivity contribution >= 4 is 5.91 Å². The Labute approximate surface area is 133 Å². The van der Waals surface area contributed by atoms with E-state index < -0.39 is 5.82 Å². The first kappa shape index (κ1) is 15.4. The van der Waals surface area contributed by atoms with Gasteiger partial charge in [0.1, 0.15) is 17.7 Å². The Balaban J connectivity index is 1.57. The van der Waals surface area contributed by atoms with Crippen molar-refractivity contribution in [3.8, 4) is 5.75 Å². The van der Waals surface area contributed by atoms with Crippen molar-refractivity contribution in [1.29, 1.82) is 0 Å². The van der Waals surface area contributed by atoms with E-state index in [1.165, 1.54) is 12.1 Å². The van der Waals surface area contributed by atoms with Crippen LogP contribution < -0.4 is 4.74 Å². The molecule has 0 N–H and O–H groups in total. The predicted octanol–water partition coefficient (Wildman–Crippen LogP) is 2.20. The van der Waals surface area contributed by atoms with Gasteiger partial charge in [0.05, 0.1) is 18.8 Å². The highest BCUT2D eigenvalue weighted by atomic mass is 19.1. The topological polar surface area (TPSA) is 51.7 Å². The molecule has 0 radical (unpaired) electrons. The third-order valence-electron chi connectivity index (χ3n) is 3.60. The Morgan fingerprint density at radius 2 is 2.26 bits per heavy atom. The molecule has 3 rings (SSSR count). The molecule has 1 aliphatic rings. The molecule has 0 bridgehead atoms. The van der Waals surface area contributed by atoms with Crippen LogP contribution in [0.25, 0.3) is 0 Å². The lowest BCUT2D eigenvalue weighted by atomic mass is 10.2. The normalized spacial score (nSPS) is 17.8. The van der Waals surface area contributed by atoms with Gasteiger partial charge in [0, 0.05) is 18.8 Å². The predicted molar refractivity (Wildman–Crippen MR) is 81.4 cm³/mol. The number of morpholine rings is 1. The molecule has 0 spiro atoms. The van der Waals surface area contributed by atoms with Crippen LogP contribution in [0.5, 0.6) is 5.75 Å². The Kier molecular flexibility index (Phi) is 4.83. The van der Waals surface area contributed by atoms with Gasteiger partial charge in [0.25, 0.3) is 5.91 Å². The van der Waals surface area contributed by atoms with Gasteiger partial charge >= 0.3 is 0 Å². The zero-order chi connectivity index (χ0) is 16.1. The molecule has 1 fully saturated rings. The lowest BCUT2D eigenvalue weighted by Gasteiger charge is -2.32. The monoisotopic (exact) mass is 316 g/mol. The first-order valence-corrected chi connectivity index (χ1v) is 7.41. The van der Waals surface area contributed by atoms with E-state index in [4.69, 9.17) is 9.47 Å². The van der Waals surface area contributed by atoms with Crippen LogP contribution in [-0.2, 0) is 9.53 Å². The third-order valence-corrected chi connectivity index (χ3v) is 3.60. The van der Waals surface area contributed by atoms with Crippen LogP contribution in [0, 0.1) is 5.82 Å². The zero-order valence-electron chi connectivity index (χ0n) is 12.5. The first-order chi connectivity index (χ1) is 11.2. The van der Waals surface area contributed by atoms with E-state index in [0.29, 0.717) is 25.4 Å². The minimum atomic E-state index is -0.392. The van der Waals surface area contributed by atoms with Crippen molar-refractivity contribution in [2.75, 3.05) is 26.3 Å². The van der Waals surface area contributed by atoms with Crippen LogP contribution in [0.1, 0.15) is 11.8 Å². The van der Waals surface area contributed by atoms with Crippen LogP contribution in [0.3, 0.4) is 0 Å². The van der Waals surface area contributed by atoms with Crippen LogP contribution in [0.4, 0.5) is 4.39 Å². The second kappa shape index (κ2) is 7.19. The van der Waals surface area contributed by atoms with Gasteiger partial charge in [-0.3, -0.25) is 9.78 Å². The Bertz CT molecular complexity index is 666. The molecule has 1 atom stereocenters. The van der Waals surface area contributed by atoms with Crippen LogP contribution in [0.15, 0.2) is 48.7 Å². The van der Waals surface area contributed by atoms with E-state index in [0.717, 1.165) is 5.69 Å². The van der Waals surface area contributed by atoms with Crippen molar-refractivity contribution in [1.82, 2.24) is 9.88 Å². The maximum atomic E-state index is 13.1. The average Bonchev–Trinajstić information content (AvgIpc) is 2.61. The summed E-state index contributed by atoms with van der Waals surface area (Å²) >= 11 is 0. The highest BCUT2D eigenvalue weighted by molar-refractivity contribution is 5.77. The molecule has 2 aromatic rings. The van der Waals surface area contributed by atoms with Gasteiger partial charge in [-0.25, -0.2) is 4.39 Å². The maximum Gasteiger partial charge on any atom is 0.260 e. The molecule has 0 unspecified atom stereocenters. The number of hydrogen-bond donors (Lipinski definition) is 0. The second-order valence-corrected chi connectivity index (χ2v) is 5.20. The Morgan fingerprint density at radius 3 is 3.04 bits per heavy atom. The third kappa shape index (κ3) is 4.04. The smallest absolute Gasteiger partial charge is 0.260 e. The van der Waals surface area contributed by atoms with Crippen LogP contribution >= 0.6 is 0 Å². The fourth-order valence-corrected chi connectivity index (χ4v) is 2.41. The number of amides is 1. The number of rotatable bonds is 4. The summed E-state index contributed by atoms with van der Waals surface area (Å²) in [5.41, 5.74) is 0.802. The number of carbonyl (C=O) groups excluding carboxylic acids is 1. The number of aromatic nitrogens is 1. The lowest BCUT2D eigenvalue weighted by molar-refractivity contribution is -0.141. The number of benzene rings is 1. The molecular formula is C17H17FN2O3. The maximum absolute atomic E-state index is 13.1. The summed E-state index contributed by atoms with van der Waals surface area (Å²) < 4.78 is 24.1. The van der Waals surface area contributed by atoms with Crippen molar-refractivity contribution in [2.24, 2.45) is 0 Å². The van der Waals surface area contributed by atoms with E-state index in [2.05, 4.69) is 4.98 Å². The number of pyridine rings is 1. The minimum Gasteiger partial charge on any atom is -0.484 e. The van der Waals surface area contributed by atoms with Crippen molar-refractivity contribution in [2.45, 2.75) is 6.10 Å². The fraction of sp³-hybridized carbons (Fsp3) is 0.294. The highest BCUT2D eigenvalue weighted by Gasteiger charge is 2.26. The van der Waals surface area contributed by atoms with E-state index in [9.17, 15) is 9.18 Å². The summed E-state index contributed by atoms with van der Waals surface area (Å²) in [6.45, 7) is 1.27. The molecular weight excluding hydrogens is 299 g/mol. The summed E-state index contributed by atoms with van der Waals surface area (Å²) in [6, 6.07) is 11.3. The van der Waals surface area contributed by atoms with E-state index in [1.807, 2.05) is 18.2 Å². The summed E-state index contributed by atoms with van der Waals surface area (Å²) in [6.07, 6.45) is 1.47. The van der Waals surface area contributed by atoms with Gasteiger partial charge < -0.3 is 14.4 Å². The molecule has 0 saturated carbocycles. The molecule has 1 aliphatic heterocycles. The van der Waals surface area contributed by atoms with Crippen molar-refractivity contribution in [3.63, 3.8) is 0 Å². The number of halogens is 1. The molecule has 1 aromatic carbocycles. The summed E-state index contributed by atoms with van der Waals surface area (Å²) in [4.78, 5) is 18.2. The van der Waals surface area contributed by atoms with Gasteiger partial charge in [-0.1, -0.05) is 12.1 Å². The standard InChI is InChI=1S/C17H17FN2O3/c18-13-4-3-5-14(10-13)23-12-17(21)20-8-9-22-16(11-20)15-6-1-2-7-19-15/h1-7,10,16H,8-9,11-12H2/t16-/m0/s1. The minimum absolute atomic E-state index is 0.127. The molecule has 5 nitrogen and oxygen atoms in total. The number of hydrogen-bond acceptors (Lipinski definition) is 4. The molecule has 1 amide bonds. The molecule has 0 aliphatic carbocycles. The number of nitrogens with zero attached hydrogens (tertiary/aromatic N) is 2. The fourth-order valence-electron chi connectivity index (χ4n) is 2.41. The van der Waals surface area contributed by atoms with Crippen LogP contribution in [-0.4, -0.2) is 42.1 Å². The molecule has 2 heterocycles. The first-order valence-electron chi connectivity index (χ1n) is 7.41. The number of carbonyl (C=O) groups is 1. The highest BCUT2D eigenvalue weighted by Crippen LogP contribution is 2.20. The molecule has 120 valence electrons. The number of ether oxygens (including phenoxy) is 2. The van der Waals surface area contributed by atoms with Crippen LogP contribution in [0.2, 0.25) is 0 Å². The van der Waals surface area contributed by atoms with Gasteiger partial charge in [0.2, 0.25) is 0 Å². The summed E-state index contributed by atoms with van der Waals surface area (Å²) in [5.74, 6) is -0.206. The van der Waals surface area contributed by atoms with E-state index >= 15 is 0 Å². The molecule has 1 saturated heterocycles. The lowest BCUT2D eigenvalue weighted by Crippen LogP contribution is -2.44. The largest absolute Gasteiger partial charge is 0.484 e. The van der Waals surface area contributed by atoms with E-state index in [-0.39, 0.29) is 18.6 Å².